The number of methoxy groups -OCH3 is 3. The van der Waals surface area contributed by atoms with Gasteiger partial charge in [0.15, 0.2) is 11.5 Å². The Hall–Kier alpha value is -2.34. The van der Waals surface area contributed by atoms with Crippen molar-refractivity contribution in [2.45, 2.75) is 17.1 Å². The van der Waals surface area contributed by atoms with E-state index in [1.165, 1.54) is 11.8 Å². The van der Waals surface area contributed by atoms with E-state index in [0.717, 1.165) is 10.6 Å². The smallest absolute Gasteiger partial charge is 0.237 e. The van der Waals surface area contributed by atoms with Crippen molar-refractivity contribution in [2.75, 3.05) is 26.6 Å². The van der Waals surface area contributed by atoms with Gasteiger partial charge in [0.05, 0.1) is 26.6 Å². The SMILES string of the molecule is COc1ccc(S[C@H](C)C(=O)Nc2ccc(OC)c(OC)c2)cc1. The Balaban J connectivity index is 2.00. The van der Waals surface area contributed by atoms with Gasteiger partial charge in [-0.25, -0.2) is 0 Å². The van der Waals surface area contributed by atoms with Gasteiger partial charge in [0.2, 0.25) is 5.91 Å². The van der Waals surface area contributed by atoms with Crippen LogP contribution in [0.1, 0.15) is 6.92 Å². The Morgan fingerprint density at radius 3 is 2.21 bits per heavy atom. The van der Waals surface area contributed by atoms with Crippen molar-refractivity contribution in [2.24, 2.45) is 0 Å². The predicted molar refractivity (Wildman–Crippen MR) is 96.5 cm³/mol. The van der Waals surface area contributed by atoms with E-state index in [-0.39, 0.29) is 11.2 Å². The van der Waals surface area contributed by atoms with E-state index in [1.54, 1.807) is 39.5 Å². The van der Waals surface area contributed by atoms with Crippen LogP contribution in [0, 0.1) is 0 Å². The van der Waals surface area contributed by atoms with Gasteiger partial charge in [-0.15, -0.1) is 11.8 Å². The summed E-state index contributed by atoms with van der Waals surface area (Å²) in [6.45, 7) is 1.87. The zero-order valence-corrected chi connectivity index (χ0v) is 15.0. The van der Waals surface area contributed by atoms with E-state index in [1.807, 2.05) is 31.2 Å². The number of benzene rings is 2. The third kappa shape index (κ3) is 4.58. The normalized spacial score (nSPS) is 11.5. The van der Waals surface area contributed by atoms with Gasteiger partial charge in [-0.05, 0) is 43.3 Å². The van der Waals surface area contributed by atoms with E-state index in [4.69, 9.17) is 14.2 Å². The van der Waals surface area contributed by atoms with Crippen molar-refractivity contribution >= 4 is 23.4 Å². The fourth-order valence-corrected chi connectivity index (χ4v) is 2.94. The summed E-state index contributed by atoms with van der Waals surface area (Å²) in [6.07, 6.45) is 0. The first-order valence-corrected chi connectivity index (χ1v) is 8.29. The van der Waals surface area contributed by atoms with Gasteiger partial charge in [0, 0.05) is 16.6 Å². The van der Waals surface area contributed by atoms with Crippen LogP contribution in [0.2, 0.25) is 0 Å². The van der Waals surface area contributed by atoms with Gasteiger partial charge in [-0.1, -0.05) is 0 Å². The molecule has 24 heavy (non-hydrogen) atoms. The first-order valence-electron chi connectivity index (χ1n) is 7.41. The molecule has 0 aliphatic heterocycles. The van der Waals surface area contributed by atoms with Gasteiger partial charge < -0.3 is 19.5 Å². The first-order chi connectivity index (χ1) is 11.6. The second kappa shape index (κ2) is 8.49. The van der Waals surface area contributed by atoms with Crippen LogP contribution >= 0.6 is 11.8 Å². The molecule has 0 saturated heterocycles. The van der Waals surface area contributed by atoms with Gasteiger partial charge >= 0.3 is 0 Å². The zero-order valence-electron chi connectivity index (χ0n) is 14.2. The number of thioether (sulfide) groups is 1. The molecule has 0 unspecified atom stereocenters. The Kier molecular flexibility index (Phi) is 6.37. The van der Waals surface area contributed by atoms with E-state index in [0.29, 0.717) is 17.2 Å². The monoisotopic (exact) mass is 347 g/mol. The molecule has 0 bridgehead atoms. The maximum atomic E-state index is 12.4. The van der Waals surface area contributed by atoms with Crippen molar-refractivity contribution in [1.82, 2.24) is 0 Å². The fraction of sp³-hybridized carbons (Fsp3) is 0.278. The summed E-state index contributed by atoms with van der Waals surface area (Å²) in [5, 5.41) is 2.65. The van der Waals surface area contributed by atoms with Crippen LogP contribution in [0.5, 0.6) is 17.2 Å². The molecule has 0 saturated carbocycles. The lowest BCUT2D eigenvalue weighted by atomic mass is 10.2. The lowest BCUT2D eigenvalue weighted by molar-refractivity contribution is -0.115. The third-order valence-corrected chi connectivity index (χ3v) is 4.50. The molecule has 1 amide bonds. The number of rotatable bonds is 7. The molecule has 0 radical (unpaired) electrons. The maximum absolute atomic E-state index is 12.4. The Morgan fingerprint density at radius 2 is 1.62 bits per heavy atom. The molecule has 1 N–H and O–H groups in total. The first kappa shape index (κ1) is 18.0. The van der Waals surface area contributed by atoms with Crippen LogP contribution in [-0.4, -0.2) is 32.5 Å². The molecular formula is C18H21NO4S. The molecule has 1 atom stereocenters. The molecule has 0 aliphatic carbocycles. The number of nitrogens with one attached hydrogen (secondary N) is 1. The highest BCUT2D eigenvalue weighted by atomic mass is 32.2. The standard InChI is InChI=1S/C18H21NO4S/c1-12(24-15-8-6-14(21-2)7-9-15)18(20)19-13-5-10-16(22-3)17(11-13)23-4/h5-12H,1-4H3,(H,19,20)/t12-/m1/s1. The highest BCUT2D eigenvalue weighted by Gasteiger charge is 2.15. The molecule has 2 rings (SSSR count). The number of ether oxygens (including phenoxy) is 3. The minimum Gasteiger partial charge on any atom is -0.497 e. The molecule has 6 heteroatoms. The number of carbonyl (C=O) groups excluding carboxylic acids is 1. The van der Waals surface area contributed by atoms with Gasteiger partial charge in [0.25, 0.3) is 0 Å². The summed E-state index contributed by atoms with van der Waals surface area (Å²) in [5.74, 6) is 1.91. The Morgan fingerprint density at radius 1 is 0.958 bits per heavy atom. The highest BCUT2D eigenvalue weighted by Crippen LogP contribution is 2.31. The molecule has 0 aromatic heterocycles. The Labute approximate surface area is 146 Å². The van der Waals surface area contributed by atoms with Crippen LogP contribution in [-0.2, 0) is 4.79 Å². The number of carbonyl (C=O) groups is 1. The van der Waals surface area contributed by atoms with Crippen LogP contribution in [0.4, 0.5) is 5.69 Å². The average Bonchev–Trinajstić information content (AvgIpc) is 2.62. The molecule has 0 fully saturated rings. The summed E-state index contributed by atoms with van der Waals surface area (Å²) < 4.78 is 15.6. The zero-order chi connectivity index (χ0) is 17.5. The predicted octanol–water partition coefficient (Wildman–Crippen LogP) is 3.83. The summed E-state index contributed by atoms with van der Waals surface area (Å²) in [6, 6.07) is 12.9. The minimum atomic E-state index is -0.244. The number of anilines is 1. The van der Waals surface area contributed by atoms with Gasteiger partial charge in [-0.3, -0.25) is 4.79 Å². The quantitative estimate of drug-likeness (QED) is 0.772. The number of amides is 1. The van der Waals surface area contributed by atoms with Crippen LogP contribution < -0.4 is 19.5 Å². The maximum Gasteiger partial charge on any atom is 0.237 e. The van der Waals surface area contributed by atoms with Crippen LogP contribution in [0.25, 0.3) is 0 Å². The third-order valence-electron chi connectivity index (χ3n) is 3.39. The van der Waals surface area contributed by atoms with Gasteiger partial charge in [-0.2, -0.15) is 0 Å². The molecule has 2 aromatic rings. The van der Waals surface area contributed by atoms with Gasteiger partial charge in [0.1, 0.15) is 5.75 Å². The van der Waals surface area contributed by atoms with E-state index < -0.39 is 0 Å². The van der Waals surface area contributed by atoms with E-state index in [9.17, 15) is 4.79 Å². The largest absolute Gasteiger partial charge is 0.497 e. The molecule has 0 heterocycles. The topological polar surface area (TPSA) is 56.8 Å². The molecule has 128 valence electrons. The van der Waals surface area contributed by atoms with Crippen molar-refractivity contribution in [3.05, 3.63) is 42.5 Å². The molecule has 0 spiro atoms. The molecule has 2 aromatic carbocycles. The molecule has 0 aliphatic rings. The van der Waals surface area contributed by atoms with Crippen molar-refractivity contribution in [3.8, 4) is 17.2 Å². The summed E-state index contributed by atoms with van der Waals surface area (Å²) in [4.78, 5) is 13.4. The molecular weight excluding hydrogens is 326 g/mol. The average molecular weight is 347 g/mol. The number of hydrogen-bond acceptors (Lipinski definition) is 5. The summed E-state index contributed by atoms with van der Waals surface area (Å²) in [7, 11) is 4.76. The van der Waals surface area contributed by atoms with Crippen molar-refractivity contribution in [1.29, 1.82) is 0 Å². The lowest BCUT2D eigenvalue weighted by Crippen LogP contribution is -2.22. The summed E-state index contributed by atoms with van der Waals surface area (Å²) in [5.41, 5.74) is 0.667. The van der Waals surface area contributed by atoms with Crippen molar-refractivity contribution in [3.63, 3.8) is 0 Å². The second-order valence-electron chi connectivity index (χ2n) is 4.99. The fourth-order valence-electron chi connectivity index (χ4n) is 2.07. The lowest BCUT2D eigenvalue weighted by Gasteiger charge is -2.14. The Bertz CT molecular complexity index is 688. The van der Waals surface area contributed by atoms with E-state index in [2.05, 4.69) is 5.32 Å². The number of hydrogen-bond donors (Lipinski definition) is 1. The van der Waals surface area contributed by atoms with E-state index >= 15 is 0 Å². The summed E-state index contributed by atoms with van der Waals surface area (Å²) >= 11 is 1.48. The molecule has 5 nitrogen and oxygen atoms in total. The minimum absolute atomic E-state index is 0.0805. The van der Waals surface area contributed by atoms with Crippen LogP contribution in [0.15, 0.2) is 47.4 Å². The van der Waals surface area contributed by atoms with Crippen LogP contribution in [0.3, 0.4) is 0 Å². The van der Waals surface area contributed by atoms with Crippen molar-refractivity contribution < 1.29 is 19.0 Å². The second-order valence-corrected chi connectivity index (χ2v) is 6.41. The highest BCUT2D eigenvalue weighted by molar-refractivity contribution is 8.00.